The smallest absolute Gasteiger partial charge is 0.0833 e. The van der Waals surface area contributed by atoms with E-state index in [0.29, 0.717) is 6.42 Å². The lowest BCUT2D eigenvalue weighted by Crippen LogP contribution is -1.97. The molecule has 0 heterocycles. The van der Waals surface area contributed by atoms with E-state index in [1.54, 1.807) is 0 Å². The third kappa shape index (κ3) is 3.96. The van der Waals surface area contributed by atoms with Gasteiger partial charge in [-0.2, -0.15) is 0 Å². The van der Waals surface area contributed by atoms with Crippen molar-refractivity contribution in [3.8, 4) is 0 Å². The van der Waals surface area contributed by atoms with Crippen molar-refractivity contribution in [2.75, 3.05) is 0 Å². The molecular weight excluding hydrogens is 244 g/mol. The summed E-state index contributed by atoms with van der Waals surface area (Å²) in [5.41, 5.74) is 7.65. The molecule has 0 spiro atoms. The third-order valence-electron chi connectivity index (χ3n) is 3.29. The van der Waals surface area contributed by atoms with Crippen LogP contribution in [0.15, 0.2) is 72.0 Å². The Balaban J connectivity index is 2.15. The lowest BCUT2D eigenvalue weighted by molar-refractivity contribution is 0.178. The molecule has 1 atom stereocenters. The molecule has 0 radical (unpaired) electrons. The van der Waals surface area contributed by atoms with Crippen LogP contribution < -0.4 is 0 Å². The van der Waals surface area contributed by atoms with Gasteiger partial charge in [-0.05, 0) is 36.1 Å². The van der Waals surface area contributed by atoms with Crippen molar-refractivity contribution in [3.05, 3.63) is 83.1 Å². The molecule has 102 valence electrons. The number of benzene rings is 2. The second kappa shape index (κ2) is 6.91. The summed E-state index contributed by atoms with van der Waals surface area (Å²) in [5.74, 6) is 0. The average molecular weight is 264 g/mol. The molecule has 2 rings (SSSR count). The van der Waals surface area contributed by atoms with Crippen molar-refractivity contribution < 1.29 is 5.11 Å². The van der Waals surface area contributed by atoms with Crippen molar-refractivity contribution in [1.82, 2.24) is 0 Å². The van der Waals surface area contributed by atoms with Gasteiger partial charge in [-0.25, -0.2) is 0 Å². The van der Waals surface area contributed by atoms with Gasteiger partial charge in [0, 0.05) is 6.42 Å². The molecule has 1 N–H and O–H groups in total. The van der Waals surface area contributed by atoms with Gasteiger partial charge < -0.3 is 5.11 Å². The summed E-state index contributed by atoms with van der Waals surface area (Å²) in [6.07, 6.45) is 0.140. The molecule has 0 saturated heterocycles. The normalized spacial score (nSPS) is 11.6. The zero-order valence-corrected chi connectivity index (χ0v) is 12.0. The zero-order chi connectivity index (χ0) is 14.4. The van der Waals surface area contributed by atoms with Crippen LogP contribution >= 0.6 is 0 Å². The van der Waals surface area contributed by atoms with E-state index in [1.165, 1.54) is 5.56 Å². The monoisotopic (exact) mass is 264 g/mol. The minimum Gasteiger partial charge on any atom is -0.388 e. The van der Waals surface area contributed by atoms with Gasteiger partial charge in [0.15, 0.2) is 0 Å². The van der Waals surface area contributed by atoms with E-state index in [4.69, 9.17) is 0 Å². The minimum atomic E-state index is -0.465. The Morgan fingerprint density at radius 3 is 2.10 bits per heavy atom. The summed E-state index contributed by atoms with van der Waals surface area (Å²) in [6.45, 7) is 4.06. The van der Waals surface area contributed by atoms with Crippen LogP contribution in [-0.4, -0.2) is 5.11 Å². The van der Waals surface area contributed by atoms with E-state index in [-0.39, 0.29) is 0 Å². The third-order valence-corrected chi connectivity index (χ3v) is 3.29. The Bertz CT molecular complexity index is 605. The summed E-state index contributed by atoms with van der Waals surface area (Å²) in [4.78, 5) is 0. The fourth-order valence-electron chi connectivity index (χ4n) is 2.21. The van der Waals surface area contributed by atoms with Crippen LogP contribution in [0.3, 0.4) is 0 Å². The first-order valence-corrected chi connectivity index (χ1v) is 6.88. The second-order valence-electron chi connectivity index (χ2n) is 5.03. The molecule has 1 nitrogen and oxygen atoms in total. The quantitative estimate of drug-likeness (QED) is 0.789. The Hall–Kier alpha value is -2.08. The number of hydrogen-bond donors (Lipinski definition) is 1. The lowest BCUT2D eigenvalue weighted by atomic mass is 10.0. The van der Waals surface area contributed by atoms with Gasteiger partial charge in [0.25, 0.3) is 0 Å². The Labute approximate surface area is 120 Å². The highest BCUT2D eigenvalue weighted by Gasteiger charge is 2.07. The topological polar surface area (TPSA) is 20.2 Å². The molecule has 1 heteroatoms. The summed E-state index contributed by atoms with van der Waals surface area (Å²) in [7, 11) is 0. The van der Waals surface area contributed by atoms with E-state index in [1.807, 2.05) is 62.4 Å². The van der Waals surface area contributed by atoms with Gasteiger partial charge in [-0.15, -0.1) is 5.73 Å². The van der Waals surface area contributed by atoms with Crippen LogP contribution in [0.5, 0.6) is 0 Å². The maximum atomic E-state index is 10.2. The fraction of sp³-hybridized carbons (Fsp3) is 0.211. The van der Waals surface area contributed by atoms with E-state index < -0.39 is 6.10 Å². The first-order chi connectivity index (χ1) is 9.66. The van der Waals surface area contributed by atoms with E-state index in [0.717, 1.165) is 16.7 Å². The summed E-state index contributed by atoms with van der Waals surface area (Å²) in [5, 5.41) is 10.2. The van der Waals surface area contributed by atoms with Gasteiger partial charge in [0.2, 0.25) is 0 Å². The largest absolute Gasteiger partial charge is 0.388 e. The molecule has 0 aromatic heterocycles. The molecule has 0 aliphatic carbocycles. The van der Waals surface area contributed by atoms with Gasteiger partial charge in [-0.3, -0.25) is 0 Å². The summed E-state index contributed by atoms with van der Waals surface area (Å²) in [6, 6.07) is 19.9. The first kappa shape index (κ1) is 14.3. The van der Waals surface area contributed by atoms with Gasteiger partial charge in [-0.1, -0.05) is 60.7 Å². The molecule has 0 aliphatic rings. The number of aliphatic hydroxyl groups is 1. The second-order valence-corrected chi connectivity index (χ2v) is 5.03. The van der Waals surface area contributed by atoms with Gasteiger partial charge >= 0.3 is 0 Å². The highest BCUT2D eigenvalue weighted by molar-refractivity contribution is 5.63. The van der Waals surface area contributed by atoms with Crippen molar-refractivity contribution in [2.45, 2.75) is 26.4 Å². The van der Waals surface area contributed by atoms with Crippen LogP contribution in [-0.2, 0) is 0 Å². The number of hydrogen-bond acceptors (Lipinski definition) is 1. The molecule has 1 unspecified atom stereocenters. The van der Waals surface area contributed by atoms with E-state index >= 15 is 0 Å². The Kier molecular flexibility index (Phi) is 4.95. The predicted molar refractivity (Wildman–Crippen MR) is 84.2 cm³/mol. The van der Waals surface area contributed by atoms with E-state index in [2.05, 4.69) is 17.9 Å². The van der Waals surface area contributed by atoms with Crippen molar-refractivity contribution >= 4 is 5.57 Å². The molecule has 0 amide bonds. The molecule has 20 heavy (non-hydrogen) atoms. The molecule has 0 bridgehead atoms. The average Bonchev–Trinajstić information content (AvgIpc) is 2.49. The fourth-order valence-corrected chi connectivity index (χ4v) is 2.21. The highest BCUT2D eigenvalue weighted by Crippen LogP contribution is 2.21. The van der Waals surface area contributed by atoms with Crippen molar-refractivity contribution in [2.24, 2.45) is 0 Å². The van der Waals surface area contributed by atoms with Crippen molar-refractivity contribution in [3.63, 3.8) is 0 Å². The van der Waals surface area contributed by atoms with Crippen LogP contribution in [0.4, 0.5) is 0 Å². The standard InChI is InChI=1S/C19H20O/c1-15(13-16(2)17-9-5-3-6-10-17)14-19(20)18-11-7-4-8-12-18/h3-12,19-20H,14H2,1-2H3. The molecule has 2 aromatic carbocycles. The van der Waals surface area contributed by atoms with E-state index in [9.17, 15) is 5.11 Å². The zero-order valence-electron chi connectivity index (χ0n) is 12.0. The Morgan fingerprint density at radius 1 is 0.950 bits per heavy atom. The number of rotatable bonds is 4. The van der Waals surface area contributed by atoms with Crippen molar-refractivity contribution in [1.29, 1.82) is 0 Å². The molecule has 2 aromatic rings. The van der Waals surface area contributed by atoms with Gasteiger partial charge in [0.1, 0.15) is 0 Å². The number of aliphatic hydroxyl groups excluding tert-OH is 1. The van der Waals surface area contributed by atoms with Crippen LogP contribution in [0.1, 0.15) is 37.5 Å². The van der Waals surface area contributed by atoms with Gasteiger partial charge in [0.05, 0.1) is 6.10 Å². The maximum Gasteiger partial charge on any atom is 0.0833 e. The van der Waals surface area contributed by atoms with Crippen LogP contribution in [0.2, 0.25) is 0 Å². The molecule has 0 aliphatic heterocycles. The summed E-state index contributed by atoms with van der Waals surface area (Å²) >= 11 is 0. The molecular formula is C19H20O. The highest BCUT2D eigenvalue weighted by atomic mass is 16.3. The first-order valence-electron chi connectivity index (χ1n) is 6.88. The Morgan fingerprint density at radius 2 is 1.50 bits per heavy atom. The molecule has 0 saturated carbocycles. The maximum absolute atomic E-state index is 10.2. The van der Waals surface area contributed by atoms with Crippen LogP contribution in [0.25, 0.3) is 5.57 Å². The SMILES string of the molecule is CC(=C=C(C)c1ccccc1)CC(O)c1ccccc1. The minimum absolute atomic E-state index is 0.465. The van der Waals surface area contributed by atoms with Crippen LogP contribution in [0, 0.1) is 0 Å². The lowest BCUT2D eigenvalue weighted by Gasteiger charge is -2.10. The predicted octanol–water partition coefficient (Wildman–Crippen LogP) is 4.76. The summed E-state index contributed by atoms with van der Waals surface area (Å²) < 4.78 is 0. The molecule has 0 fully saturated rings.